The fraction of sp³-hybridized carbons (Fsp3) is 0.368. The number of nitrogens with one attached hydrogen (secondary N) is 1. The lowest BCUT2D eigenvalue weighted by Gasteiger charge is -2.28. The molecule has 4 rings (SSSR count). The summed E-state index contributed by atoms with van der Waals surface area (Å²) in [6.45, 7) is 0. The molecule has 1 aliphatic carbocycles. The lowest BCUT2D eigenvalue weighted by molar-refractivity contribution is 0.0538. The van der Waals surface area contributed by atoms with Crippen molar-refractivity contribution >= 4 is 22.9 Å². The molecule has 1 aromatic carbocycles. The van der Waals surface area contributed by atoms with E-state index in [9.17, 15) is 10.2 Å². The van der Waals surface area contributed by atoms with Gasteiger partial charge in [-0.25, -0.2) is 9.50 Å². The molecule has 3 aromatic rings. The summed E-state index contributed by atoms with van der Waals surface area (Å²) in [6, 6.07) is 6.99. The average molecular weight is 389 g/mol. The fourth-order valence-corrected chi connectivity index (χ4v) is 3.56. The molecule has 3 atom stereocenters. The summed E-state index contributed by atoms with van der Waals surface area (Å²) in [5.41, 5.74) is 1.69. The number of aliphatic hydroxyl groups excluding tert-OH is 2. The number of anilines is 1. The molecule has 0 spiro atoms. The molecule has 3 N–H and O–H groups in total. The first kappa shape index (κ1) is 18.0. The van der Waals surface area contributed by atoms with E-state index in [2.05, 4.69) is 15.4 Å². The molecule has 0 amide bonds. The van der Waals surface area contributed by atoms with Crippen LogP contribution >= 0.6 is 11.6 Å². The lowest BCUT2D eigenvalue weighted by atomic mass is 9.95. The molecule has 27 heavy (non-hydrogen) atoms. The number of rotatable bonds is 5. The number of benzene rings is 1. The number of nitrogens with zero attached hydrogens (tertiary/aromatic N) is 3. The second-order valence-electron chi connectivity index (χ2n) is 6.74. The smallest absolute Gasteiger partial charge is 0.162 e. The van der Waals surface area contributed by atoms with Crippen LogP contribution in [0.2, 0.25) is 5.02 Å². The van der Waals surface area contributed by atoms with Gasteiger partial charge in [-0.15, -0.1) is 0 Å². The quantitative estimate of drug-likeness (QED) is 0.581. The molecular formula is C19H21ClN4O3. The van der Waals surface area contributed by atoms with Crippen LogP contribution < -0.4 is 10.1 Å². The molecular weight excluding hydrogens is 368 g/mol. The van der Waals surface area contributed by atoms with Crippen molar-refractivity contribution in [3.05, 3.63) is 53.4 Å². The van der Waals surface area contributed by atoms with E-state index in [4.69, 9.17) is 16.3 Å². The van der Waals surface area contributed by atoms with E-state index in [-0.39, 0.29) is 12.2 Å². The number of halogens is 1. The Morgan fingerprint density at radius 2 is 2.22 bits per heavy atom. The highest BCUT2D eigenvalue weighted by Gasteiger charge is 2.23. The van der Waals surface area contributed by atoms with Gasteiger partial charge in [-0.05, 0) is 43.5 Å². The van der Waals surface area contributed by atoms with Gasteiger partial charge in [-0.3, -0.25) is 0 Å². The predicted molar refractivity (Wildman–Crippen MR) is 102 cm³/mol. The number of aromatic nitrogens is 3. The first-order valence-electron chi connectivity index (χ1n) is 8.97. The van der Waals surface area contributed by atoms with Crippen LogP contribution in [0.3, 0.4) is 0 Å². The van der Waals surface area contributed by atoms with Gasteiger partial charge in [0.25, 0.3) is 0 Å². The van der Waals surface area contributed by atoms with Gasteiger partial charge in [0.1, 0.15) is 11.9 Å². The summed E-state index contributed by atoms with van der Waals surface area (Å²) in [6.07, 6.45) is 6.79. The second-order valence-corrected chi connectivity index (χ2v) is 7.17. The average Bonchev–Trinajstić information content (AvgIpc) is 3.08. The number of hydrogen-bond donors (Lipinski definition) is 3. The van der Waals surface area contributed by atoms with E-state index in [0.29, 0.717) is 34.1 Å². The largest absolute Gasteiger partial charge is 0.488 e. The third kappa shape index (κ3) is 4.00. The summed E-state index contributed by atoms with van der Waals surface area (Å²) in [7, 11) is 0. The molecule has 142 valence electrons. The molecule has 0 bridgehead atoms. The maximum atomic E-state index is 10.7. The normalized spacial score (nSPS) is 21.1. The van der Waals surface area contributed by atoms with Crippen LogP contribution in [0.1, 0.15) is 37.5 Å². The van der Waals surface area contributed by atoms with Gasteiger partial charge in [0.2, 0.25) is 0 Å². The van der Waals surface area contributed by atoms with Crippen LogP contribution in [0, 0.1) is 0 Å². The van der Waals surface area contributed by atoms with Crippen molar-refractivity contribution in [2.24, 2.45) is 0 Å². The number of fused-ring (bicyclic) bond motifs is 1. The maximum Gasteiger partial charge on any atom is 0.162 e. The Labute approximate surface area is 161 Å². The summed E-state index contributed by atoms with van der Waals surface area (Å²) < 4.78 is 7.69. The van der Waals surface area contributed by atoms with Gasteiger partial charge >= 0.3 is 0 Å². The van der Waals surface area contributed by atoms with E-state index in [1.165, 1.54) is 0 Å². The topological polar surface area (TPSA) is 91.9 Å². The van der Waals surface area contributed by atoms with Crippen LogP contribution in [0.5, 0.6) is 5.75 Å². The SMILES string of the molecule is OC1CCCC(Oc2ccc(Cl)cc2NC(O)c2cnn3cccnc23)C1. The van der Waals surface area contributed by atoms with Crippen LogP contribution in [0.15, 0.2) is 42.9 Å². The summed E-state index contributed by atoms with van der Waals surface area (Å²) >= 11 is 6.14. The number of aliphatic hydroxyl groups is 2. The number of ether oxygens (including phenoxy) is 1. The molecule has 1 saturated carbocycles. The Morgan fingerprint density at radius 3 is 3.07 bits per heavy atom. The van der Waals surface area contributed by atoms with Crippen molar-refractivity contribution in [2.45, 2.75) is 44.1 Å². The van der Waals surface area contributed by atoms with Gasteiger partial charge in [0.05, 0.1) is 23.6 Å². The number of hydrogen-bond acceptors (Lipinski definition) is 6. The minimum atomic E-state index is -1.03. The van der Waals surface area contributed by atoms with Gasteiger partial charge in [-0.1, -0.05) is 11.6 Å². The van der Waals surface area contributed by atoms with E-state index in [1.807, 2.05) is 0 Å². The van der Waals surface area contributed by atoms with E-state index < -0.39 is 6.23 Å². The van der Waals surface area contributed by atoms with E-state index in [1.54, 1.807) is 47.4 Å². The zero-order valence-corrected chi connectivity index (χ0v) is 15.4. The molecule has 7 nitrogen and oxygen atoms in total. The van der Waals surface area contributed by atoms with Gasteiger partial charge < -0.3 is 20.3 Å². The van der Waals surface area contributed by atoms with Gasteiger partial charge in [0.15, 0.2) is 11.9 Å². The van der Waals surface area contributed by atoms with E-state index >= 15 is 0 Å². The zero-order valence-electron chi connectivity index (χ0n) is 14.6. The highest BCUT2D eigenvalue weighted by Crippen LogP contribution is 2.34. The predicted octanol–water partition coefficient (Wildman–Crippen LogP) is 3.17. The lowest BCUT2D eigenvalue weighted by Crippen LogP contribution is -2.28. The standard InChI is InChI=1S/C19H21ClN4O3/c20-12-5-6-17(27-14-4-1-3-13(25)10-14)16(9-12)23-19(26)15-11-22-24-8-2-7-21-18(15)24/h2,5-9,11,13-14,19,23,25-26H,1,3-4,10H2. The van der Waals surface area contributed by atoms with Crippen molar-refractivity contribution < 1.29 is 14.9 Å². The highest BCUT2D eigenvalue weighted by atomic mass is 35.5. The molecule has 2 heterocycles. The second kappa shape index (κ2) is 7.72. The molecule has 2 aromatic heterocycles. The van der Waals surface area contributed by atoms with Gasteiger partial charge in [-0.2, -0.15) is 5.10 Å². The third-order valence-corrected chi connectivity index (χ3v) is 4.96. The van der Waals surface area contributed by atoms with Gasteiger partial charge in [0, 0.05) is 23.8 Å². The molecule has 8 heteroatoms. The Balaban J connectivity index is 1.56. The Kier molecular flexibility index (Phi) is 5.15. The molecule has 0 radical (unpaired) electrons. The van der Waals surface area contributed by atoms with Crippen LogP contribution in [0.4, 0.5) is 5.69 Å². The monoisotopic (exact) mass is 388 g/mol. The summed E-state index contributed by atoms with van der Waals surface area (Å²) in [5, 5.41) is 28.3. The van der Waals surface area contributed by atoms with Crippen LogP contribution in [-0.4, -0.2) is 37.0 Å². The Morgan fingerprint density at radius 1 is 1.33 bits per heavy atom. The maximum absolute atomic E-state index is 10.7. The molecule has 3 unspecified atom stereocenters. The minimum Gasteiger partial charge on any atom is -0.488 e. The fourth-order valence-electron chi connectivity index (χ4n) is 3.39. The Hall–Kier alpha value is -2.35. The van der Waals surface area contributed by atoms with Crippen molar-refractivity contribution in [3.63, 3.8) is 0 Å². The van der Waals surface area contributed by atoms with Crippen LogP contribution in [0.25, 0.3) is 5.65 Å². The first-order valence-corrected chi connectivity index (χ1v) is 9.35. The van der Waals surface area contributed by atoms with Crippen LogP contribution in [-0.2, 0) is 0 Å². The summed E-state index contributed by atoms with van der Waals surface area (Å²) in [4.78, 5) is 4.26. The molecule has 0 aliphatic heterocycles. The van der Waals surface area contributed by atoms with Crippen molar-refractivity contribution in [2.75, 3.05) is 5.32 Å². The first-order chi connectivity index (χ1) is 13.1. The third-order valence-electron chi connectivity index (χ3n) is 4.73. The molecule has 1 aliphatic rings. The highest BCUT2D eigenvalue weighted by molar-refractivity contribution is 6.30. The molecule has 1 fully saturated rings. The van der Waals surface area contributed by atoms with E-state index in [0.717, 1.165) is 19.3 Å². The summed E-state index contributed by atoms with van der Waals surface area (Å²) in [5.74, 6) is 0.585. The molecule has 0 saturated heterocycles. The zero-order chi connectivity index (χ0) is 18.8. The van der Waals surface area contributed by atoms with Crippen molar-refractivity contribution in [1.29, 1.82) is 0 Å². The Bertz CT molecular complexity index is 932. The van der Waals surface area contributed by atoms with Crippen molar-refractivity contribution in [3.8, 4) is 5.75 Å². The minimum absolute atomic E-state index is 0.0636. The van der Waals surface area contributed by atoms with Crippen molar-refractivity contribution in [1.82, 2.24) is 14.6 Å².